The summed E-state index contributed by atoms with van der Waals surface area (Å²) in [6.45, 7) is 8.82. The van der Waals surface area contributed by atoms with Gasteiger partial charge in [-0.15, -0.1) is 0 Å². The van der Waals surface area contributed by atoms with Gasteiger partial charge in [-0.25, -0.2) is 8.42 Å². The zero-order valence-corrected chi connectivity index (χ0v) is 11.5. The number of carbonyl (C=O) groups excluding carboxylic acids is 1. The maximum Gasteiger partial charge on any atom is 0.219 e. The summed E-state index contributed by atoms with van der Waals surface area (Å²) in [4.78, 5) is 11.8. The largest absolute Gasteiger partial charge is 0.298 e. The molecule has 0 aromatic heterocycles. The average Bonchev–Trinajstić information content (AvgIpc) is 2.07. The fourth-order valence-corrected chi connectivity index (χ4v) is 3.59. The van der Waals surface area contributed by atoms with Crippen molar-refractivity contribution in [3.05, 3.63) is 0 Å². The lowest BCUT2D eigenvalue weighted by Gasteiger charge is -2.42. The van der Waals surface area contributed by atoms with Crippen molar-refractivity contribution < 1.29 is 13.2 Å². The van der Waals surface area contributed by atoms with E-state index in [9.17, 15) is 13.2 Å². The van der Waals surface area contributed by atoms with Gasteiger partial charge in [0.1, 0.15) is 0 Å². The number of carbonyl (C=O) groups is 1. The molecule has 1 rings (SSSR count). The van der Waals surface area contributed by atoms with Crippen molar-refractivity contribution in [2.24, 2.45) is 0 Å². The monoisotopic (exact) mass is 247 g/mol. The fraction of sp³-hybridized carbons (Fsp3) is 0.909. The Labute approximate surface area is 98.1 Å². The Bertz CT molecular complexity index is 390. The number of rotatable bonds is 1. The van der Waals surface area contributed by atoms with Gasteiger partial charge in [0.15, 0.2) is 5.78 Å². The highest BCUT2D eigenvalue weighted by Crippen LogP contribution is 2.32. The van der Waals surface area contributed by atoms with Crippen LogP contribution in [0.1, 0.15) is 47.5 Å². The molecule has 0 saturated carbocycles. The number of ketones is 1. The van der Waals surface area contributed by atoms with Crippen LogP contribution in [-0.4, -0.2) is 35.3 Å². The molecule has 5 heteroatoms. The highest BCUT2D eigenvalue weighted by molar-refractivity contribution is 7.90. The molecule has 1 aliphatic heterocycles. The molecule has 0 amide bonds. The minimum absolute atomic E-state index is 0.00609. The van der Waals surface area contributed by atoms with Gasteiger partial charge in [0.05, 0.1) is 10.3 Å². The first-order valence-corrected chi connectivity index (χ1v) is 7.01. The van der Waals surface area contributed by atoms with Gasteiger partial charge in [-0.2, -0.15) is 4.31 Å². The average molecular weight is 247 g/mol. The Kier molecular flexibility index (Phi) is 3.25. The van der Waals surface area contributed by atoms with Crippen LogP contribution in [-0.2, 0) is 14.8 Å². The second-order valence-electron chi connectivity index (χ2n) is 5.78. The van der Waals surface area contributed by atoms with E-state index >= 15 is 0 Å². The molecule has 1 fully saturated rings. The Hall–Kier alpha value is -0.420. The van der Waals surface area contributed by atoms with Gasteiger partial charge in [0.2, 0.25) is 10.0 Å². The van der Waals surface area contributed by atoms with Crippen LogP contribution in [0.25, 0.3) is 0 Å². The summed E-state index contributed by atoms with van der Waals surface area (Å²) in [6.07, 6.45) is 1.10. The van der Waals surface area contributed by atoms with Crippen molar-refractivity contribution in [3.63, 3.8) is 0 Å². The summed E-state index contributed by atoms with van der Waals surface area (Å²) in [5.41, 5.74) is -0.898. The summed E-state index contributed by atoms with van der Waals surface area (Å²) in [5.74, 6) is 0.00609. The summed E-state index contributed by atoms with van der Waals surface area (Å²) < 4.78 is 25.2. The summed E-state index contributed by atoms with van der Waals surface area (Å²) in [5, 5.41) is 0. The van der Waals surface area contributed by atoms with Gasteiger partial charge in [0.25, 0.3) is 0 Å². The van der Waals surface area contributed by atoms with Crippen LogP contribution in [0.3, 0.4) is 0 Å². The van der Waals surface area contributed by atoms with Crippen molar-refractivity contribution in [1.82, 2.24) is 4.31 Å². The Balaban J connectivity index is 3.19. The van der Waals surface area contributed by atoms with Crippen LogP contribution in [0.2, 0.25) is 0 Å². The first kappa shape index (κ1) is 13.6. The first-order valence-electron chi connectivity index (χ1n) is 5.57. The maximum absolute atomic E-state index is 12.3. The maximum atomic E-state index is 12.3. The standard InChI is InChI=1S/C11H21NO3S/c1-10(2,3)16(14,15)12-8-6-7-9(13)11(12,4)5/h6-8H2,1-5H3. The van der Waals surface area contributed by atoms with Crippen molar-refractivity contribution in [3.8, 4) is 0 Å². The van der Waals surface area contributed by atoms with Crippen LogP contribution in [0.4, 0.5) is 0 Å². The molecule has 0 bridgehead atoms. The van der Waals surface area contributed by atoms with Gasteiger partial charge in [-0.05, 0) is 41.0 Å². The van der Waals surface area contributed by atoms with Gasteiger partial charge in [-0.3, -0.25) is 4.79 Å². The number of hydrogen-bond donors (Lipinski definition) is 0. The lowest BCUT2D eigenvalue weighted by Crippen LogP contribution is -2.59. The third-order valence-electron chi connectivity index (χ3n) is 3.13. The normalized spacial score (nSPS) is 23.4. The van der Waals surface area contributed by atoms with E-state index in [-0.39, 0.29) is 5.78 Å². The van der Waals surface area contributed by atoms with Crippen LogP contribution in [0, 0.1) is 0 Å². The molecule has 1 saturated heterocycles. The molecule has 16 heavy (non-hydrogen) atoms. The number of piperidine rings is 1. The Morgan fingerprint density at radius 2 is 1.75 bits per heavy atom. The molecule has 0 aliphatic carbocycles. The van der Waals surface area contributed by atoms with E-state index < -0.39 is 20.3 Å². The number of Topliss-reactive ketones (excluding diaryl/α,β-unsaturated/α-hetero) is 1. The highest BCUT2D eigenvalue weighted by Gasteiger charge is 2.47. The molecule has 0 radical (unpaired) electrons. The minimum Gasteiger partial charge on any atom is -0.298 e. The van der Waals surface area contributed by atoms with Crippen LogP contribution < -0.4 is 0 Å². The van der Waals surface area contributed by atoms with E-state index in [0.29, 0.717) is 19.4 Å². The van der Waals surface area contributed by atoms with Crippen molar-refractivity contribution in [2.45, 2.75) is 57.7 Å². The van der Waals surface area contributed by atoms with Crippen LogP contribution in [0.15, 0.2) is 0 Å². The molecule has 0 unspecified atom stereocenters. The van der Waals surface area contributed by atoms with E-state index in [1.54, 1.807) is 34.6 Å². The quantitative estimate of drug-likeness (QED) is 0.706. The summed E-state index contributed by atoms with van der Waals surface area (Å²) in [6, 6.07) is 0. The minimum atomic E-state index is -3.43. The smallest absolute Gasteiger partial charge is 0.219 e. The number of hydrogen-bond acceptors (Lipinski definition) is 3. The van der Waals surface area contributed by atoms with E-state index in [1.807, 2.05) is 0 Å². The zero-order valence-electron chi connectivity index (χ0n) is 10.7. The van der Waals surface area contributed by atoms with E-state index in [0.717, 1.165) is 0 Å². The topological polar surface area (TPSA) is 54.5 Å². The highest BCUT2D eigenvalue weighted by atomic mass is 32.2. The molecule has 0 aromatic rings. The molecule has 1 heterocycles. The third kappa shape index (κ3) is 2.02. The van der Waals surface area contributed by atoms with Crippen LogP contribution in [0.5, 0.6) is 0 Å². The second kappa shape index (κ2) is 3.81. The van der Waals surface area contributed by atoms with Gasteiger partial charge in [-0.1, -0.05) is 0 Å². The molecule has 94 valence electrons. The first-order chi connectivity index (χ1) is 7.01. The van der Waals surface area contributed by atoms with Crippen LogP contribution >= 0.6 is 0 Å². The molecule has 4 nitrogen and oxygen atoms in total. The molecule has 0 spiro atoms. The molecule has 1 aliphatic rings. The van der Waals surface area contributed by atoms with Crippen molar-refractivity contribution in [2.75, 3.05) is 6.54 Å². The number of sulfonamides is 1. The molecule has 0 atom stereocenters. The second-order valence-corrected chi connectivity index (χ2v) is 8.39. The lowest BCUT2D eigenvalue weighted by atomic mass is 9.92. The predicted molar refractivity (Wildman–Crippen MR) is 63.7 cm³/mol. The van der Waals surface area contributed by atoms with Crippen molar-refractivity contribution >= 4 is 15.8 Å². The van der Waals surface area contributed by atoms with E-state index in [1.165, 1.54) is 4.31 Å². The molecule has 0 N–H and O–H groups in total. The van der Waals surface area contributed by atoms with Crippen molar-refractivity contribution in [1.29, 1.82) is 0 Å². The summed E-state index contributed by atoms with van der Waals surface area (Å²) in [7, 11) is -3.43. The van der Waals surface area contributed by atoms with Gasteiger partial charge in [0, 0.05) is 13.0 Å². The molecule has 0 aromatic carbocycles. The summed E-state index contributed by atoms with van der Waals surface area (Å²) >= 11 is 0. The SMILES string of the molecule is CC1(C)C(=O)CCCN1S(=O)(=O)C(C)(C)C. The zero-order chi connectivity index (χ0) is 12.8. The molecular formula is C11H21NO3S. The fourth-order valence-electron chi connectivity index (χ4n) is 1.86. The van der Waals surface area contributed by atoms with Gasteiger partial charge >= 0.3 is 0 Å². The third-order valence-corrected chi connectivity index (χ3v) is 5.90. The van der Waals surface area contributed by atoms with E-state index in [2.05, 4.69) is 0 Å². The molecular weight excluding hydrogens is 226 g/mol. The number of nitrogens with zero attached hydrogens (tertiary/aromatic N) is 1. The Morgan fingerprint density at radius 1 is 1.25 bits per heavy atom. The van der Waals surface area contributed by atoms with Gasteiger partial charge < -0.3 is 0 Å². The van der Waals surface area contributed by atoms with E-state index in [4.69, 9.17) is 0 Å². The Morgan fingerprint density at radius 3 is 2.19 bits per heavy atom. The lowest BCUT2D eigenvalue weighted by molar-refractivity contribution is -0.129. The predicted octanol–water partition coefficient (Wildman–Crippen LogP) is 1.56.